The van der Waals surface area contributed by atoms with Gasteiger partial charge in [0.2, 0.25) is 5.91 Å². The van der Waals surface area contributed by atoms with Gasteiger partial charge in [-0.25, -0.2) is 0 Å². The summed E-state index contributed by atoms with van der Waals surface area (Å²) in [4.78, 5) is 15.7. The van der Waals surface area contributed by atoms with E-state index < -0.39 is 0 Å². The number of aromatic hydroxyl groups is 2. The highest BCUT2D eigenvalue weighted by Crippen LogP contribution is 2.40. The van der Waals surface area contributed by atoms with Crippen LogP contribution in [0.25, 0.3) is 0 Å². The Kier molecular flexibility index (Phi) is 7.22. The number of nitrogens with one attached hydrogen (secondary N) is 1. The summed E-state index contributed by atoms with van der Waals surface area (Å²) < 4.78 is 0. The Balaban J connectivity index is 1.36. The fraction of sp³-hybridized carbons (Fsp3) is 0.552. The van der Waals surface area contributed by atoms with E-state index in [4.69, 9.17) is 0 Å². The third-order valence-electron chi connectivity index (χ3n) is 8.45. The Labute approximate surface area is 204 Å². The number of amides is 1. The number of likely N-dealkylation sites (tertiary alicyclic amines) is 1. The maximum Gasteiger partial charge on any atom is 0.223 e. The number of aryl methyl sites for hydroxylation is 1. The SMILES string of the molecule is CC(C)[C@@H](CN1CC[C@](C)(c2cccc(O)c2)[C@H](C)C1)NC(=O)[C@@H]1CCc2cc(O)ccc2C1. The van der Waals surface area contributed by atoms with Crippen LogP contribution in [0.15, 0.2) is 42.5 Å². The molecule has 4 rings (SSSR count). The van der Waals surface area contributed by atoms with Crippen LogP contribution in [0.5, 0.6) is 11.5 Å². The highest BCUT2D eigenvalue weighted by Gasteiger charge is 2.39. The summed E-state index contributed by atoms with van der Waals surface area (Å²) in [6.45, 7) is 11.8. The maximum absolute atomic E-state index is 13.2. The Morgan fingerprint density at radius 1 is 1.15 bits per heavy atom. The van der Waals surface area contributed by atoms with Crippen molar-refractivity contribution in [2.24, 2.45) is 17.8 Å². The number of benzene rings is 2. The van der Waals surface area contributed by atoms with Crippen molar-refractivity contribution < 1.29 is 15.0 Å². The topological polar surface area (TPSA) is 72.8 Å². The Morgan fingerprint density at radius 2 is 1.91 bits per heavy atom. The van der Waals surface area contributed by atoms with Crippen molar-refractivity contribution in [1.29, 1.82) is 0 Å². The molecule has 184 valence electrons. The van der Waals surface area contributed by atoms with Gasteiger partial charge in [0.05, 0.1) is 0 Å². The van der Waals surface area contributed by atoms with Crippen molar-refractivity contribution in [3.8, 4) is 11.5 Å². The normalized spacial score (nSPS) is 26.1. The Hall–Kier alpha value is -2.53. The number of phenolic OH excluding ortho intramolecular Hbond substituents is 2. The van der Waals surface area contributed by atoms with E-state index in [1.54, 1.807) is 12.1 Å². The summed E-state index contributed by atoms with van der Waals surface area (Å²) in [7, 11) is 0. The zero-order valence-corrected chi connectivity index (χ0v) is 21.1. The largest absolute Gasteiger partial charge is 0.508 e. The summed E-state index contributed by atoms with van der Waals surface area (Å²) >= 11 is 0. The first-order valence-corrected chi connectivity index (χ1v) is 12.8. The third-order valence-corrected chi connectivity index (χ3v) is 8.45. The van der Waals surface area contributed by atoms with Gasteiger partial charge in [0.25, 0.3) is 0 Å². The van der Waals surface area contributed by atoms with E-state index in [0.717, 1.165) is 45.3 Å². The highest BCUT2D eigenvalue weighted by molar-refractivity contribution is 5.79. The van der Waals surface area contributed by atoms with Gasteiger partial charge >= 0.3 is 0 Å². The van der Waals surface area contributed by atoms with E-state index in [9.17, 15) is 15.0 Å². The minimum atomic E-state index is -0.00683. The molecule has 1 heterocycles. The molecule has 1 amide bonds. The number of phenols is 2. The lowest BCUT2D eigenvalue weighted by Crippen LogP contribution is -2.54. The van der Waals surface area contributed by atoms with Gasteiger partial charge in [-0.2, -0.15) is 0 Å². The molecule has 2 aromatic carbocycles. The Morgan fingerprint density at radius 3 is 2.62 bits per heavy atom. The van der Waals surface area contributed by atoms with E-state index >= 15 is 0 Å². The molecule has 34 heavy (non-hydrogen) atoms. The lowest BCUT2D eigenvalue weighted by atomic mass is 9.68. The second-order valence-corrected chi connectivity index (χ2v) is 11.1. The quantitative estimate of drug-likeness (QED) is 0.582. The summed E-state index contributed by atoms with van der Waals surface area (Å²) in [5.74, 6) is 1.58. The molecule has 3 N–H and O–H groups in total. The van der Waals surface area contributed by atoms with Gasteiger partial charge in [-0.15, -0.1) is 0 Å². The fourth-order valence-corrected chi connectivity index (χ4v) is 5.74. The minimum Gasteiger partial charge on any atom is -0.508 e. The summed E-state index contributed by atoms with van der Waals surface area (Å²) in [6.07, 6.45) is 3.44. The van der Waals surface area contributed by atoms with Crippen molar-refractivity contribution in [2.75, 3.05) is 19.6 Å². The van der Waals surface area contributed by atoms with Gasteiger partial charge in [0, 0.05) is 25.0 Å². The molecule has 0 spiro atoms. The number of rotatable bonds is 6. The molecule has 1 fully saturated rings. The second kappa shape index (κ2) is 9.99. The number of nitrogens with zero attached hydrogens (tertiary/aromatic N) is 1. The first-order chi connectivity index (χ1) is 16.2. The molecule has 1 aliphatic carbocycles. The van der Waals surface area contributed by atoms with Gasteiger partial charge in [-0.05, 0) is 90.4 Å². The molecule has 0 aromatic heterocycles. The van der Waals surface area contributed by atoms with Crippen LogP contribution in [0, 0.1) is 17.8 Å². The molecule has 0 saturated carbocycles. The zero-order valence-electron chi connectivity index (χ0n) is 21.1. The van der Waals surface area contributed by atoms with Crippen LogP contribution in [0.4, 0.5) is 0 Å². The van der Waals surface area contributed by atoms with Crippen molar-refractivity contribution in [2.45, 2.75) is 64.8 Å². The van der Waals surface area contributed by atoms with Crippen LogP contribution in [0.2, 0.25) is 0 Å². The average molecular weight is 465 g/mol. The molecule has 5 nitrogen and oxygen atoms in total. The Bertz CT molecular complexity index is 1020. The van der Waals surface area contributed by atoms with Crippen LogP contribution in [-0.2, 0) is 23.1 Å². The van der Waals surface area contributed by atoms with Gasteiger partial charge in [0.15, 0.2) is 0 Å². The lowest BCUT2D eigenvalue weighted by molar-refractivity contribution is -0.126. The van der Waals surface area contributed by atoms with Gasteiger partial charge in [-0.1, -0.05) is 45.9 Å². The number of hydrogen-bond donors (Lipinski definition) is 3. The maximum atomic E-state index is 13.2. The first kappa shape index (κ1) is 24.6. The number of fused-ring (bicyclic) bond motifs is 1. The molecule has 2 aromatic rings. The van der Waals surface area contributed by atoms with E-state index in [-0.39, 0.29) is 23.3 Å². The van der Waals surface area contributed by atoms with Crippen molar-refractivity contribution in [3.63, 3.8) is 0 Å². The minimum absolute atomic E-state index is 0.00683. The molecular weight excluding hydrogens is 424 g/mol. The molecule has 0 unspecified atom stereocenters. The molecule has 2 aliphatic rings. The summed E-state index contributed by atoms with van der Waals surface area (Å²) in [6, 6.07) is 13.3. The van der Waals surface area contributed by atoms with E-state index in [1.165, 1.54) is 16.7 Å². The predicted octanol–water partition coefficient (Wildman–Crippen LogP) is 4.64. The number of carbonyl (C=O) groups excluding carboxylic acids is 1. The number of piperidine rings is 1. The average Bonchev–Trinajstić information content (AvgIpc) is 2.80. The molecular formula is C29H40N2O3. The standard InChI is InChI=1S/C29H40N2O3/c1-19(2)27(30-28(34)23-9-8-22-15-26(33)11-10-21(22)14-23)18-31-13-12-29(4,20(3)17-31)24-6-5-7-25(32)16-24/h5-7,10-11,15-16,19-20,23,27,32-33H,8-9,12-14,17-18H2,1-4H3,(H,30,34)/t20-,23-,27-,29+/m1/s1. The molecule has 1 saturated heterocycles. The first-order valence-electron chi connectivity index (χ1n) is 12.8. The van der Waals surface area contributed by atoms with Gasteiger partial charge in [0.1, 0.15) is 11.5 Å². The number of hydrogen-bond acceptors (Lipinski definition) is 4. The summed E-state index contributed by atoms with van der Waals surface area (Å²) in [5, 5.41) is 23.1. The lowest BCUT2D eigenvalue weighted by Gasteiger charge is -2.46. The monoisotopic (exact) mass is 464 g/mol. The molecule has 0 bridgehead atoms. The van der Waals surface area contributed by atoms with Crippen molar-refractivity contribution >= 4 is 5.91 Å². The van der Waals surface area contributed by atoms with Gasteiger partial charge < -0.3 is 20.4 Å². The molecule has 0 radical (unpaired) electrons. The van der Waals surface area contributed by atoms with Crippen LogP contribution < -0.4 is 5.32 Å². The highest BCUT2D eigenvalue weighted by atomic mass is 16.3. The van der Waals surface area contributed by atoms with Crippen molar-refractivity contribution in [3.05, 3.63) is 59.2 Å². The second-order valence-electron chi connectivity index (χ2n) is 11.1. The van der Waals surface area contributed by atoms with Crippen LogP contribution in [0.1, 0.15) is 57.2 Å². The third kappa shape index (κ3) is 5.25. The summed E-state index contributed by atoms with van der Waals surface area (Å²) in [5.41, 5.74) is 3.60. The van der Waals surface area contributed by atoms with Crippen LogP contribution in [-0.4, -0.2) is 46.7 Å². The molecule has 4 atom stereocenters. The van der Waals surface area contributed by atoms with Crippen molar-refractivity contribution in [1.82, 2.24) is 10.2 Å². The smallest absolute Gasteiger partial charge is 0.223 e. The molecule has 1 aliphatic heterocycles. The van der Waals surface area contributed by atoms with Gasteiger partial charge in [-0.3, -0.25) is 4.79 Å². The fourth-order valence-electron chi connectivity index (χ4n) is 5.74. The van der Waals surface area contributed by atoms with E-state index in [0.29, 0.717) is 23.3 Å². The van der Waals surface area contributed by atoms with Crippen LogP contribution >= 0.6 is 0 Å². The van der Waals surface area contributed by atoms with E-state index in [2.05, 4.69) is 44.0 Å². The van der Waals surface area contributed by atoms with Crippen LogP contribution in [0.3, 0.4) is 0 Å². The predicted molar refractivity (Wildman–Crippen MR) is 136 cm³/mol. The van der Waals surface area contributed by atoms with E-state index in [1.807, 2.05) is 24.3 Å². The number of carbonyl (C=O) groups is 1. The zero-order chi connectivity index (χ0) is 24.5. The molecule has 5 heteroatoms.